The zero-order chi connectivity index (χ0) is 13.7. The van der Waals surface area contributed by atoms with Gasteiger partial charge in [0.1, 0.15) is 0 Å². The molecule has 0 fully saturated rings. The van der Waals surface area contributed by atoms with Crippen LogP contribution in [0.2, 0.25) is 10.0 Å². The summed E-state index contributed by atoms with van der Waals surface area (Å²) in [5.41, 5.74) is 0.542. The molecule has 0 aliphatic carbocycles. The number of halogens is 2. The number of amides is 1. The van der Waals surface area contributed by atoms with Gasteiger partial charge in [-0.1, -0.05) is 29.3 Å². The van der Waals surface area contributed by atoms with Gasteiger partial charge in [0.2, 0.25) is 5.91 Å². The highest BCUT2D eigenvalue weighted by atomic mass is 35.5. The molecule has 0 aliphatic heterocycles. The van der Waals surface area contributed by atoms with Crippen molar-refractivity contribution in [3.63, 3.8) is 0 Å². The van der Waals surface area contributed by atoms with Crippen molar-refractivity contribution in [2.45, 2.75) is 25.8 Å². The maximum absolute atomic E-state index is 11.7. The molecule has 6 heteroatoms. The smallest absolute Gasteiger partial charge is 0.305 e. The summed E-state index contributed by atoms with van der Waals surface area (Å²) >= 11 is 11.9. The lowest BCUT2D eigenvalue weighted by Crippen LogP contribution is -2.35. The van der Waals surface area contributed by atoms with Crippen LogP contribution in [0, 0.1) is 0 Å². The molecule has 1 rings (SSSR count). The lowest BCUT2D eigenvalue weighted by Gasteiger charge is -2.12. The molecule has 1 aromatic rings. The third kappa shape index (κ3) is 4.55. The van der Waals surface area contributed by atoms with Crippen LogP contribution in [0.4, 0.5) is 0 Å². The highest BCUT2D eigenvalue weighted by molar-refractivity contribution is 6.36. The largest absolute Gasteiger partial charge is 0.481 e. The van der Waals surface area contributed by atoms with E-state index in [-0.39, 0.29) is 18.7 Å². The Kier molecular flexibility index (Phi) is 5.44. The van der Waals surface area contributed by atoms with Crippen molar-refractivity contribution in [3.05, 3.63) is 33.8 Å². The second-order valence-corrected chi connectivity index (χ2v) is 4.76. The Balaban J connectivity index is 2.62. The van der Waals surface area contributed by atoms with Crippen LogP contribution < -0.4 is 5.32 Å². The lowest BCUT2D eigenvalue weighted by atomic mass is 10.1. The van der Waals surface area contributed by atoms with Crippen molar-refractivity contribution >= 4 is 35.1 Å². The first-order valence-electron chi connectivity index (χ1n) is 5.34. The SMILES string of the molecule is CC(CC(=O)O)NC(=O)Cc1c(Cl)cccc1Cl. The first-order valence-corrected chi connectivity index (χ1v) is 6.09. The number of benzene rings is 1. The third-order valence-electron chi connectivity index (χ3n) is 2.29. The van der Waals surface area contributed by atoms with Gasteiger partial charge in [0.15, 0.2) is 0 Å². The van der Waals surface area contributed by atoms with Crippen LogP contribution in [0.5, 0.6) is 0 Å². The molecule has 1 amide bonds. The van der Waals surface area contributed by atoms with Gasteiger partial charge in [-0.05, 0) is 24.6 Å². The molecular formula is C12H13Cl2NO3. The van der Waals surface area contributed by atoms with Crippen LogP contribution in [0.25, 0.3) is 0 Å². The average molecular weight is 290 g/mol. The van der Waals surface area contributed by atoms with E-state index in [9.17, 15) is 9.59 Å². The quantitative estimate of drug-likeness (QED) is 0.875. The van der Waals surface area contributed by atoms with Gasteiger partial charge in [-0.15, -0.1) is 0 Å². The van der Waals surface area contributed by atoms with Gasteiger partial charge in [0, 0.05) is 16.1 Å². The number of rotatable bonds is 5. The second-order valence-electron chi connectivity index (χ2n) is 3.94. The average Bonchev–Trinajstić information content (AvgIpc) is 2.22. The van der Waals surface area contributed by atoms with E-state index >= 15 is 0 Å². The van der Waals surface area contributed by atoms with E-state index in [2.05, 4.69) is 5.32 Å². The van der Waals surface area contributed by atoms with Gasteiger partial charge in [-0.3, -0.25) is 9.59 Å². The number of hydrogen-bond donors (Lipinski definition) is 2. The molecule has 4 nitrogen and oxygen atoms in total. The summed E-state index contributed by atoms with van der Waals surface area (Å²) < 4.78 is 0. The summed E-state index contributed by atoms with van der Waals surface area (Å²) in [6.45, 7) is 1.63. The molecule has 0 saturated carbocycles. The zero-order valence-corrected chi connectivity index (χ0v) is 11.3. The summed E-state index contributed by atoms with van der Waals surface area (Å²) in [4.78, 5) is 22.2. The fourth-order valence-electron chi connectivity index (χ4n) is 1.50. The fraction of sp³-hybridized carbons (Fsp3) is 0.333. The fourth-order valence-corrected chi connectivity index (χ4v) is 2.03. The van der Waals surface area contributed by atoms with Gasteiger partial charge < -0.3 is 10.4 Å². The van der Waals surface area contributed by atoms with Crippen molar-refractivity contribution in [2.24, 2.45) is 0 Å². The minimum atomic E-state index is -0.960. The molecular weight excluding hydrogens is 277 g/mol. The van der Waals surface area contributed by atoms with E-state index in [0.29, 0.717) is 15.6 Å². The predicted octanol–water partition coefficient (Wildman–Crippen LogP) is 2.52. The van der Waals surface area contributed by atoms with Crippen LogP contribution in [0.15, 0.2) is 18.2 Å². The highest BCUT2D eigenvalue weighted by Gasteiger charge is 2.14. The summed E-state index contributed by atoms with van der Waals surface area (Å²) in [6, 6.07) is 4.56. The predicted molar refractivity (Wildman–Crippen MR) is 70.0 cm³/mol. The molecule has 1 aromatic carbocycles. The van der Waals surface area contributed by atoms with Crippen molar-refractivity contribution in [2.75, 3.05) is 0 Å². The van der Waals surface area contributed by atoms with E-state index in [1.807, 2.05) is 0 Å². The number of hydrogen-bond acceptors (Lipinski definition) is 2. The Morgan fingerprint density at radius 3 is 2.39 bits per heavy atom. The number of carbonyl (C=O) groups is 2. The Hall–Kier alpha value is -1.26. The third-order valence-corrected chi connectivity index (χ3v) is 3.00. The lowest BCUT2D eigenvalue weighted by molar-refractivity contribution is -0.137. The van der Waals surface area contributed by atoms with Crippen LogP contribution in [-0.2, 0) is 16.0 Å². The van der Waals surface area contributed by atoms with Gasteiger partial charge >= 0.3 is 5.97 Å². The summed E-state index contributed by atoms with van der Waals surface area (Å²) in [5.74, 6) is -1.27. The van der Waals surface area contributed by atoms with E-state index in [1.165, 1.54) is 0 Å². The Morgan fingerprint density at radius 1 is 1.33 bits per heavy atom. The topological polar surface area (TPSA) is 66.4 Å². The molecule has 18 heavy (non-hydrogen) atoms. The molecule has 1 atom stereocenters. The van der Waals surface area contributed by atoms with Crippen LogP contribution in [0.3, 0.4) is 0 Å². The summed E-state index contributed by atoms with van der Waals surface area (Å²) in [5, 5.41) is 12.0. The molecule has 0 aromatic heterocycles. The van der Waals surface area contributed by atoms with Crippen molar-refractivity contribution < 1.29 is 14.7 Å². The van der Waals surface area contributed by atoms with Gasteiger partial charge in [-0.25, -0.2) is 0 Å². The Labute approximate surface area is 115 Å². The maximum atomic E-state index is 11.7. The zero-order valence-electron chi connectivity index (χ0n) is 9.74. The van der Waals surface area contributed by atoms with Crippen LogP contribution in [0.1, 0.15) is 18.9 Å². The molecule has 0 saturated heterocycles. The monoisotopic (exact) mass is 289 g/mol. The molecule has 0 bridgehead atoms. The highest BCUT2D eigenvalue weighted by Crippen LogP contribution is 2.24. The van der Waals surface area contributed by atoms with Gasteiger partial charge in [0.05, 0.1) is 12.8 Å². The van der Waals surface area contributed by atoms with Gasteiger partial charge in [-0.2, -0.15) is 0 Å². The van der Waals surface area contributed by atoms with Crippen molar-refractivity contribution in [3.8, 4) is 0 Å². The molecule has 0 aliphatic rings. The van der Waals surface area contributed by atoms with Gasteiger partial charge in [0.25, 0.3) is 0 Å². The van der Waals surface area contributed by atoms with E-state index in [1.54, 1.807) is 25.1 Å². The molecule has 0 spiro atoms. The normalized spacial score (nSPS) is 11.9. The van der Waals surface area contributed by atoms with Crippen molar-refractivity contribution in [1.29, 1.82) is 0 Å². The minimum absolute atomic E-state index is 0.0302. The summed E-state index contributed by atoms with van der Waals surface area (Å²) in [6.07, 6.45) is -0.0928. The van der Waals surface area contributed by atoms with E-state index < -0.39 is 12.0 Å². The van der Waals surface area contributed by atoms with E-state index in [0.717, 1.165) is 0 Å². The second kappa shape index (κ2) is 6.61. The Bertz CT molecular complexity index is 442. The Morgan fingerprint density at radius 2 is 1.89 bits per heavy atom. The first kappa shape index (κ1) is 14.8. The van der Waals surface area contributed by atoms with Crippen molar-refractivity contribution in [1.82, 2.24) is 5.32 Å². The number of carboxylic acids is 1. The summed E-state index contributed by atoms with van der Waals surface area (Å²) in [7, 11) is 0. The minimum Gasteiger partial charge on any atom is -0.481 e. The molecule has 98 valence electrons. The van der Waals surface area contributed by atoms with E-state index in [4.69, 9.17) is 28.3 Å². The number of carbonyl (C=O) groups excluding carboxylic acids is 1. The number of aliphatic carboxylic acids is 1. The molecule has 0 radical (unpaired) electrons. The standard InChI is InChI=1S/C12H13Cl2NO3/c1-7(5-12(17)18)15-11(16)6-8-9(13)3-2-4-10(8)14/h2-4,7H,5-6H2,1H3,(H,15,16)(H,17,18). The number of carboxylic acid groups (broad SMARTS) is 1. The molecule has 0 heterocycles. The number of nitrogens with one attached hydrogen (secondary N) is 1. The molecule has 1 unspecified atom stereocenters. The van der Waals surface area contributed by atoms with Crippen LogP contribution >= 0.6 is 23.2 Å². The van der Waals surface area contributed by atoms with Crippen LogP contribution in [-0.4, -0.2) is 23.0 Å². The molecule has 2 N–H and O–H groups in total. The maximum Gasteiger partial charge on any atom is 0.305 e. The first-order chi connectivity index (χ1) is 8.40.